The average Bonchev–Trinajstić information content (AvgIpc) is 2.99. The molecule has 0 spiro atoms. The van der Waals surface area contributed by atoms with E-state index in [0.717, 1.165) is 32.7 Å². The molecule has 5 aromatic rings. The van der Waals surface area contributed by atoms with Crippen LogP contribution in [0.2, 0.25) is 0 Å². The highest BCUT2D eigenvalue weighted by molar-refractivity contribution is 6.11. The van der Waals surface area contributed by atoms with Gasteiger partial charge in [0.2, 0.25) is 0 Å². The first kappa shape index (κ1) is 28.3. The van der Waals surface area contributed by atoms with Crippen molar-refractivity contribution in [2.75, 3.05) is 37.1 Å². The van der Waals surface area contributed by atoms with Gasteiger partial charge in [-0.3, -0.25) is 10.6 Å². The molecule has 0 aliphatic carbocycles. The molecule has 0 saturated heterocycles. The number of anilines is 2. The van der Waals surface area contributed by atoms with Crippen molar-refractivity contribution in [3.63, 3.8) is 0 Å². The van der Waals surface area contributed by atoms with Crippen molar-refractivity contribution >= 4 is 45.1 Å². The molecule has 0 radical (unpaired) electrons. The Balaban J connectivity index is 1.30. The number of fused-ring (bicyclic) bond motifs is 2. The zero-order chi connectivity index (χ0) is 29.3. The third kappa shape index (κ3) is 7.09. The fraction of sp³-hybridized carbons (Fsp3) is 0.176. The first-order valence-corrected chi connectivity index (χ1v) is 13.7. The summed E-state index contributed by atoms with van der Waals surface area (Å²) >= 11 is 0. The summed E-state index contributed by atoms with van der Waals surface area (Å²) < 4.78 is 23.2. The molecule has 0 bridgehead atoms. The van der Waals surface area contributed by atoms with Gasteiger partial charge in [0.15, 0.2) is 0 Å². The molecule has 2 N–H and O–H groups in total. The van der Waals surface area contributed by atoms with E-state index < -0.39 is 12.2 Å². The van der Waals surface area contributed by atoms with Crippen LogP contribution < -0.4 is 20.1 Å². The van der Waals surface area contributed by atoms with E-state index in [1.165, 1.54) is 0 Å². The van der Waals surface area contributed by atoms with Crippen LogP contribution in [-0.2, 0) is 9.47 Å². The van der Waals surface area contributed by atoms with Crippen LogP contribution in [0.25, 0.3) is 21.5 Å². The summed E-state index contributed by atoms with van der Waals surface area (Å²) in [5.74, 6) is 1.36. The van der Waals surface area contributed by atoms with E-state index in [1.54, 1.807) is 24.3 Å². The molecule has 0 fully saturated rings. The molecule has 214 valence electrons. The first-order valence-electron chi connectivity index (χ1n) is 13.7. The standard InChI is InChI=1S/C34H32N2O6/c1-23-13-15-27-29(21-23)31(39-17-19-41-33(37)35-25-9-5-3-6-10-25)28-16-14-24(2)22-30(28)32(27)40-18-20-42-34(38)36-26-11-7-4-8-12-26/h3-16,21-22H,17-20H2,1-2H3,(H,35,37)(H,36,38). The summed E-state index contributed by atoms with van der Waals surface area (Å²) in [6, 6.07) is 30.4. The monoisotopic (exact) mass is 564 g/mol. The van der Waals surface area contributed by atoms with E-state index in [1.807, 2.05) is 86.6 Å². The van der Waals surface area contributed by atoms with E-state index in [2.05, 4.69) is 10.6 Å². The Morgan fingerprint density at radius 2 is 0.929 bits per heavy atom. The van der Waals surface area contributed by atoms with Crippen molar-refractivity contribution < 1.29 is 28.5 Å². The lowest BCUT2D eigenvalue weighted by Crippen LogP contribution is -2.18. The topological polar surface area (TPSA) is 95.1 Å². The summed E-state index contributed by atoms with van der Waals surface area (Å²) in [6.07, 6.45) is -1.09. The fourth-order valence-electron chi connectivity index (χ4n) is 4.60. The van der Waals surface area contributed by atoms with Gasteiger partial charge in [-0.05, 0) is 50.2 Å². The molecule has 8 heteroatoms. The molecule has 0 heterocycles. The lowest BCUT2D eigenvalue weighted by molar-refractivity contribution is 0.137. The van der Waals surface area contributed by atoms with Crippen LogP contribution in [-0.4, -0.2) is 38.6 Å². The quantitative estimate of drug-likeness (QED) is 0.132. The van der Waals surface area contributed by atoms with Gasteiger partial charge in [-0.1, -0.05) is 71.8 Å². The minimum Gasteiger partial charge on any atom is -0.489 e. The second-order valence-electron chi connectivity index (χ2n) is 9.71. The number of amides is 2. The van der Waals surface area contributed by atoms with Gasteiger partial charge in [0.25, 0.3) is 0 Å². The van der Waals surface area contributed by atoms with Crippen molar-refractivity contribution in [2.24, 2.45) is 0 Å². The summed E-state index contributed by atoms with van der Waals surface area (Å²) in [7, 11) is 0. The maximum atomic E-state index is 12.2. The van der Waals surface area contributed by atoms with Gasteiger partial charge in [0.1, 0.15) is 37.9 Å². The van der Waals surface area contributed by atoms with Gasteiger partial charge in [-0.15, -0.1) is 0 Å². The summed E-state index contributed by atoms with van der Waals surface area (Å²) in [5, 5.41) is 8.87. The zero-order valence-electron chi connectivity index (χ0n) is 23.5. The van der Waals surface area contributed by atoms with Gasteiger partial charge in [0, 0.05) is 32.9 Å². The molecule has 2 amide bonds. The lowest BCUT2D eigenvalue weighted by atomic mass is 9.98. The minimum atomic E-state index is -0.547. The number of carbonyl (C=O) groups is 2. The van der Waals surface area contributed by atoms with Gasteiger partial charge >= 0.3 is 12.2 Å². The second-order valence-corrected chi connectivity index (χ2v) is 9.71. The molecule has 0 unspecified atom stereocenters. The molecular formula is C34H32N2O6. The Bertz CT molecular complexity index is 1560. The Morgan fingerprint density at radius 1 is 0.524 bits per heavy atom. The van der Waals surface area contributed by atoms with Gasteiger partial charge in [-0.25, -0.2) is 9.59 Å². The maximum absolute atomic E-state index is 12.2. The maximum Gasteiger partial charge on any atom is 0.411 e. The van der Waals surface area contributed by atoms with E-state index in [0.29, 0.717) is 22.9 Å². The molecule has 5 aromatic carbocycles. The SMILES string of the molecule is Cc1ccc2c(OCCOC(=O)Nc3ccccc3)c3cc(C)ccc3c(OCCOC(=O)Nc3ccccc3)c2c1. The summed E-state index contributed by atoms with van der Waals surface area (Å²) in [4.78, 5) is 24.4. The molecule has 42 heavy (non-hydrogen) atoms. The molecule has 5 rings (SSSR count). The molecule has 0 aliphatic rings. The number of benzene rings is 5. The van der Waals surface area contributed by atoms with Crippen molar-refractivity contribution in [3.8, 4) is 11.5 Å². The molecule has 8 nitrogen and oxygen atoms in total. The fourth-order valence-corrected chi connectivity index (χ4v) is 4.60. The number of ether oxygens (including phenoxy) is 4. The smallest absolute Gasteiger partial charge is 0.411 e. The minimum absolute atomic E-state index is 0.0694. The third-order valence-electron chi connectivity index (χ3n) is 6.49. The molecular weight excluding hydrogens is 532 g/mol. The average molecular weight is 565 g/mol. The molecule has 0 saturated carbocycles. The highest BCUT2D eigenvalue weighted by Gasteiger charge is 2.17. The molecule has 0 aliphatic heterocycles. The second kappa shape index (κ2) is 13.4. The lowest BCUT2D eigenvalue weighted by Gasteiger charge is -2.19. The zero-order valence-corrected chi connectivity index (χ0v) is 23.5. The van der Waals surface area contributed by atoms with Crippen molar-refractivity contribution in [2.45, 2.75) is 13.8 Å². The molecule has 0 aromatic heterocycles. The van der Waals surface area contributed by atoms with Crippen LogP contribution in [0.1, 0.15) is 11.1 Å². The Labute approximate surface area is 244 Å². The predicted octanol–water partition coefficient (Wildman–Crippen LogP) is 7.86. The Morgan fingerprint density at radius 3 is 1.33 bits per heavy atom. The van der Waals surface area contributed by atoms with E-state index >= 15 is 0 Å². The van der Waals surface area contributed by atoms with Crippen molar-refractivity contribution in [1.82, 2.24) is 0 Å². The van der Waals surface area contributed by atoms with E-state index in [9.17, 15) is 9.59 Å². The summed E-state index contributed by atoms with van der Waals surface area (Å²) in [5.41, 5.74) is 3.43. The van der Waals surface area contributed by atoms with E-state index in [-0.39, 0.29) is 26.4 Å². The van der Waals surface area contributed by atoms with E-state index in [4.69, 9.17) is 18.9 Å². The van der Waals surface area contributed by atoms with Crippen LogP contribution in [0.5, 0.6) is 11.5 Å². The normalized spacial score (nSPS) is 10.7. The number of hydrogen-bond acceptors (Lipinski definition) is 6. The number of hydrogen-bond donors (Lipinski definition) is 2. The van der Waals surface area contributed by atoms with Crippen molar-refractivity contribution in [1.29, 1.82) is 0 Å². The number of aryl methyl sites for hydroxylation is 2. The number of para-hydroxylation sites is 2. The van der Waals surface area contributed by atoms with Crippen molar-refractivity contribution in [3.05, 3.63) is 108 Å². The predicted molar refractivity (Wildman–Crippen MR) is 165 cm³/mol. The van der Waals surface area contributed by atoms with Crippen LogP contribution in [0.4, 0.5) is 21.0 Å². The van der Waals surface area contributed by atoms with Crippen LogP contribution in [0.15, 0.2) is 97.1 Å². The number of nitrogens with one attached hydrogen (secondary N) is 2. The summed E-state index contributed by atoms with van der Waals surface area (Å²) in [6.45, 7) is 4.50. The Kier molecular flexibility index (Phi) is 9.03. The van der Waals surface area contributed by atoms with Gasteiger partial charge in [0.05, 0.1) is 0 Å². The number of carbonyl (C=O) groups excluding carboxylic acids is 2. The van der Waals surface area contributed by atoms with Gasteiger partial charge in [-0.2, -0.15) is 0 Å². The van der Waals surface area contributed by atoms with Crippen LogP contribution >= 0.6 is 0 Å². The highest BCUT2D eigenvalue weighted by atomic mass is 16.6. The largest absolute Gasteiger partial charge is 0.489 e. The first-order chi connectivity index (χ1) is 20.5. The Hall–Kier alpha value is -5.24. The highest BCUT2D eigenvalue weighted by Crippen LogP contribution is 2.43. The van der Waals surface area contributed by atoms with Crippen LogP contribution in [0, 0.1) is 13.8 Å². The number of rotatable bonds is 10. The van der Waals surface area contributed by atoms with Gasteiger partial charge < -0.3 is 18.9 Å². The van der Waals surface area contributed by atoms with Crippen LogP contribution in [0.3, 0.4) is 0 Å². The third-order valence-corrected chi connectivity index (χ3v) is 6.49. The molecule has 0 atom stereocenters.